The summed E-state index contributed by atoms with van der Waals surface area (Å²) in [5, 5.41) is 2.86. The van der Waals surface area contributed by atoms with E-state index in [2.05, 4.69) is 15.3 Å². The summed E-state index contributed by atoms with van der Waals surface area (Å²) in [5.74, 6) is 0.663. The van der Waals surface area contributed by atoms with E-state index >= 15 is 0 Å². The fraction of sp³-hybridized carbons (Fsp3) is 0.250. The largest absolute Gasteiger partial charge is 0.492 e. The van der Waals surface area contributed by atoms with Gasteiger partial charge in [-0.15, -0.1) is 0 Å². The molecule has 128 valence electrons. The Balaban J connectivity index is 1.59. The minimum atomic E-state index is -0.144. The Bertz CT molecular complexity index is 922. The first kappa shape index (κ1) is 16.9. The number of nitrogens with one attached hydrogen (secondary N) is 1. The molecule has 0 saturated carbocycles. The van der Waals surface area contributed by atoms with Crippen molar-refractivity contribution in [1.82, 2.24) is 15.3 Å². The van der Waals surface area contributed by atoms with Crippen molar-refractivity contribution in [1.29, 1.82) is 0 Å². The van der Waals surface area contributed by atoms with E-state index in [9.17, 15) is 4.79 Å². The van der Waals surface area contributed by atoms with Crippen molar-refractivity contribution in [2.24, 2.45) is 0 Å². The first-order valence-corrected chi connectivity index (χ1v) is 8.25. The number of hydrogen-bond acceptors (Lipinski definition) is 4. The molecule has 0 unspecified atom stereocenters. The molecule has 0 bridgehead atoms. The Morgan fingerprint density at radius 1 is 1.00 bits per heavy atom. The van der Waals surface area contributed by atoms with E-state index in [1.54, 1.807) is 12.1 Å². The first-order chi connectivity index (χ1) is 12.0. The molecule has 5 heteroatoms. The van der Waals surface area contributed by atoms with Crippen molar-refractivity contribution >= 4 is 16.9 Å². The number of hydrogen-bond donors (Lipinski definition) is 1. The average Bonchev–Trinajstić information content (AvgIpc) is 2.59. The number of fused-ring (bicyclic) bond motifs is 1. The fourth-order valence-corrected chi connectivity index (χ4v) is 2.51. The van der Waals surface area contributed by atoms with Gasteiger partial charge < -0.3 is 10.1 Å². The van der Waals surface area contributed by atoms with E-state index in [1.165, 1.54) is 0 Å². The van der Waals surface area contributed by atoms with Crippen molar-refractivity contribution in [3.63, 3.8) is 0 Å². The molecule has 3 aromatic rings. The molecule has 0 fully saturated rings. The third kappa shape index (κ3) is 4.12. The molecule has 0 aliphatic rings. The van der Waals surface area contributed by atoms with Crippen LogP contribution < -0.4 is 10.1 Å². The van der Waals surface area contributed by atoms with Crippen LogP contribution in [0.3, 0.4) is 0 Å². The molecular weight excluding hydrogens is 314 g/mol. The van der Waals surface area contributed by atoms with Crippen LogP contribution in [0, 0.1) is 20.8 Å². The van der Waals surface area contributed by atoms with Crippen LogP contribution in [0.4, 0.5) is 0 Å². The van der Waals surface area contributed by atoms with Crippen molar-refractivity contribution < 1.29 is 9.53 Å². The van der Waals surface area contributed by atoms with Gasteiger partial charge in [-0.05, 0) is 56.7 Å². The smallest absolute Gasteiger partial charge is 0.251 e. The van der Waals surface area contributed by atoms with E-state index in [0.29, 0.717) is 18.7 Å². The Labute approximate surface area is 147 Å². The van der Waals surface area contributed by atoms with Crippen molar-refractivity contribution in [2.75, 3.05) is 13.2 Å². The van der Waals surface area contributed by atoms with Gasteiger partial charge in [-0.2, -0.15) is 0 Å². The lowest BCUT2D eigenvalue weighted by molar-refractivity contribution is 0.0947. The van der Waals surface area contributed by atoms with Gasteiger partial charge in [-0.1, -0.05) is 12.1 Å². The van der Waals surface area contributed by atoms with E-state index < -0.39 is 0 Å². The van der Waals surface area contributed by atoms with Gasteiger partial charge in [0.25, 0.3) is 5.91 Å². The van der Waals surface area contributed by atoms with Gasteiger partial charge in [-0.25, -0.2) is 9.97 Å². The molecule has 3 rings (SSSR count). The normalized spacial score (nSPS) is 10.7. The minimum Gasteiger partial charge on any atom is -0.492 e. The maximum atomic E-state index is 12.3. The van der Waals surface area contributed by atoms with Crippen molar-refractivity contribution in [3.05, 3.63) is 65.0 Å². The zero-order valence-electron chi connectivity index (χ0n) is 14.7. The van der Waals surface area contributed by atoms with Crippen molar-refractivity contribution in [2.45, 2.75) is 20.8 Å². The Morgan fingerprint density at radius 3 is 2.52 bits per heavy atom. The summed E-state index contributed by atoms with van der Waals surface area (Å²) in [6.07, 6.45) is 0. The molecule has 1 amide bonds. The Kier molecular flexibility index (Phi) is 4.93. The van der Waals surface area contributed by atoms with Gasteiger partial charge in [0, 0.05) is 5.56 Å². The molecule has 5 nitrogen and oxygen atoms in total. The van der Waals surface area contributed by atoms with Crippen LogP contribution in [0.1, 0.15) is 27.3 Å². The summed E-state index contributed by atoms with van der Waals surface area (Å²) >= 11 is 0. The third-order valence-corrected chi connectivity index (χ3v) is 3.98. The van der Waals surface area contributed by atoms with Gasteiger partial charge in [-0.3, -0.25) is 4.79 Å². The maximum Gasteiger partial charge on any atom is 0.251 e. The predicted molar refractivity (Wildman–Crippen MR) is 98.0 cm³/mol. The summed E-state index contributed by atoms with van der Waals surface area (Å²) in [6.45, 7) is 6.71. The molecule has 0 radical (unpaired) electrons. The molecule has 0 aliphatic carbocycles. The zero-order chi connectivity index (χ0) is 17.8. The number of ether oxygens (including phenoxy) is 1. The summed E-state index contributed by atoms with van der Waals surface area (Å²) in [7, 11) is 0. The molecule has 0 atom stereocenters. The second-order valence-electron chi connectivity index (χ2n) is 6.02. The lowest BCUT2D eigenvalue weighted by atomic mass is 10.1. The quantitative estimate of drug-likeness (QED) is 0.726. The standard InChI is InChI=1S/C20H21N3O2/c1-13-5-4-6-17(11-13)25-10-9-21-20(24)16-7-8-18-19(12-16)23-15(3)14(2)22-18/h4-8,11-12H,9-10H2,1-3H3,(H,21,24). The first-order valence-electron chi connectivity index (χ1n) is 8.25. The minimum absolute atomic E-state index is 0.144. The summed E-state index contributed by atoms with van der Waals surface area (Å²) in [5.41, 5.74) is 5.01. The molecule has 0 spiro atoms. The Morgan fingerprint density at radius 2 is 1.76 bits per heavy atom. The fourth-order valence-electron chi connectivity index (χ4n) is 2.51. The lowest BCUT2D eigenvalue weighted by Crippen LogP contribution is -2.28. The van der Waals surface area contributed by atoms with Crippen LogP contribution in [0.2, 0.25) is 0 Å². The van der Waals surface area contributed by atoms with Gasteiger partial charge >= 0.3 is 0 Å². The number of amides is 1. The number of rotatable bonds is 5. The molecular formula is C20H21N3O2. The molecule has 1 N–H and O–H groups in total. The number of aromatic nitrogens is 2. The maximum absolute atomic E-state index is 12.3. The van der Waals surface area contributed by atoms with Crippen LogP contribution in [0.5, 0.6) is 5.75 Å². The molecule has 2 aromatic carbocycles. The molecule has 25 heavy (non-hydrogen) atoms. The second kappa shape index (κ2) is 7.30. The van der Waals surface area contributed by atoms with E-state index in [4.69, 9.17) is 4.74 Å². The van der Waals surface area contributed by atoms with Gasteiger partial charge in [0.2, 0.25) is 0 Å². The highest BCUT2D eigenvalue weighted by molar-refractivity contribution is 5.97. The van der Waals surface area contributed by atoms with E-state index in [0.717, 1.165) is 33.7 Å². The number of carbonyl (C=O) groups is 1. The number of carbonyl (C=O) groups excluding carboxylic acids is 1. The number of nitrogens with zero attached hydrogens (tertiary/aromatic N) is 2. The van der Waals surface area contributed by atoms with Gasteiger partial charge in [0.05, 0.1) is 29.0 Å². The van der Waals surface area contributed by atoms with Crippen LogP contribution in [0.25, 0.3) is 11.0 Å². The average molecular weight is 335 g/mol. The molecule has 1 aromatic heterocycles. The predicted octanol–water partition coefficient (Wildman–Crippen LogP) is 3.36. The second-order valence-corrected chi connectivity index (χ2v) is 6.02. The monoisotopic (exact) mass is 335 g/mol. The zero-order valence-corrected chi connectivity index (χ0v) is 14.7. The highest BCUT2D eigenvalue weighted by atomic mass is 16.5. The molecule has 0 saturated heterocycles. The summed E-state index contributed by atoms with van der Waals surface area (Å²) in [6, 6.07) is 13.2. The molecule has 0 aliphatic heterocycles. The van der Waals surface area contributed by atoms with E-state index in [1.807, 2.05) is 51.1 Å². The highest BCUT2D eigenvalue weighted by Gasteiger charge is 2.08. The number of aryl methyl sites for hydroxylation is 3. The van der Waals surface area contributed by atoms with Crippen LogP contribution >= 0.6 is 0 Å². The summed E-state index contributed by atoms with van der Waals surface area (Å²) < 4.78 is 5.64. The van der Waals surface area contributed by atoms with Gasteiger partial charge in [0.1, 0.15) is 12.4 Å². The molecule has 1 heterocycles. The van der Waals surface area contributed by atoms with E-state index in [-0.39, 0.29) is 5.91 Å². The highest BCUT2D eigenvalue weighted by Crippen LogP contribution is 2.15. The van der Waals surface area contributed by atoms with Gasteiger partial charge in [0.15, 0.2) is 0 Å². The number of benzene rings is 2. The SMILES string of the molecule is Cc1cccc(OCCNC(=O)c2ccc3nc(C)c(C)nc3c2)c1. The summed E-state index contributed by atoms with van der Waals surface area (Å²) in [4.78, 5) is 21.3. The lowest BCUT2D eigenvalue weighted by Gasteiger charge is -2.09. The van der Waals surface area contributed by atoms with Crippen LogP contribution in [-0.4, -0.2) is 29.0 Å². The topological polar surface area (TPSA) is 64.1 Å². The van der Waals surface area contributed by atoms with Crippen molar-refractivity contribution in [3.8, 4) is 5.75 Å². The third-order valence-electron chi connectivity index (χ3n) is 3.98. The van der Waals surface area contributed by atoms with Crippen LogP contribution in [0.15, 0.2) is 42.5 Å². The van der Waals surface area contributed by atoms with Crippen LogP contribution in [-0.2, 0) is 0 Å². The Hall–Kier alpha value is -2.95.